The number of nitrogens with zero attached hydrogens (tertiary/aromatic N) is 2. The van der Waals surface area contributed by atoms with Gasteiger partial charge in [0.15, 0.2) is 11.5 Å². The number of hydrogen-bond acceptors (Lipinski definition) is 5. The smallest absolute Gasteiger partial charge is 0.254 e. The van der Waals surface area contributed by atoms with Crippen molar-refractivity contribution in [3.05, 3.63) is 35.9 Å². The number of amides is 2. The number of rotatable bonds is 3. The molecule has 2 saturated carbocycles. The number of carbonyl (C=O) groups excluding carboxylic acids is 2. The molecule has 1 aromatic carbocycles. The lowest BCUT2D eigenvalue weighted by Gasteiger charge is -2.18. The van der Waals surface area contributed by atoms with Gasteiger partial charge in [-0.1, -0.05) is 12.2 Å². The van der Waals surface area contributed by atoms with Crippen LogP contribution in [0.4, 0.5) is 0 Å². The SMILES string of the molecule is COc1cc(/C=N\N2C(=O)[C@@H]3[C@@H](C2=O)[C@@H]2C=C[C@H]3C23CC3)ccc1O. The molecule has 1 spiro atoms. The van der Waals surface area contributed by atoms with E-state index in [2.05, 4.69) is 17.3 Å². The third kappa shape index (κ3) is 1.77. The Balaban J connectivity index is 1.42. The summed E-state index contributed by atoms with van der Waals surface area (Å²) in [6, 6.07) is 4.75. The topological polar surface area (TPSA) is 79.2 Å². The van der Waals surface area contributed by atoms with Gasteiger partial charge in [-0.15, -0.1) is 0 Å². The second-order valence-corrected chi connectivity index (χ2v) is 7.39. The maximum Gasteiger partial charge on any atom is 0.254 e. The number of ether oxygens (including phenoxy) is 1. The van der Waals surface area contributed by atoms with Crippen LogP contribution in [0.2, 0.25) is 0 Å². The van der Waals surface area contributed by atoms with Gasteiger partial charge in [-0.2, -0.15) is 10.1 Å². The van der Waals surface area contributed by atoms with E-state index in [1.165, 1.54) is 19.4 Å². The first-order valence-corrected chi connectivity index (χ1v) is 8.54. The monoisotopic (exact) mass is 338 g/mol. The molecule has 1 saturated heterocycles. The van der Waals surface area contributed by atoms with Gasteiger partial charge < -0.3 is 9.84 Å². The van der Waals surface area contributed by atoms with E-state index in [1.54, 1.807) is 12.1 Å². The normalized spacial score (nSPS) is 33.7. The van der Waals surface area contributed by atoms with Gasteiger partial charge in [0.05, 0.1) is 25.2 Å². The van der Waals surface area contributed by atoms with Crippen LogP contribution >= 0.6 is 0 Å². The second kappa shape index (κ2) is 4.71. The van der Waals surface area contributed by atoms with Crippen molar-refractivity contribution in [3.63, 3.8) is 0 Å². The van der Waals surface area contributed by atoms with E-state index < -0.39 is 0 Å². The molecule has 1 aliphatic heterocycles. The first-order valence-electron chi connectivity index (χ1n) is 8.54. The minimum absolute atomic E-state index is 0.0277. The maximum absolute atomic E-state index is 12.8. The largest absolute Gasteiger partial charge is 0.504 e. The number of phenols is 1. The maximum atomic E-state index is 12.8. The molecule has 2 bridgehead atoms. The first kappa shape index (κ1) is 14.7. The summed E-state index contributed by atoms with van der Waals surface area (Å²) in [5.41, 5.74) is 0.841. The Kier molecular flexibility index (Phi) is 2.77. The van der Waals surface area contributed by atoms with Crippen molar-refractivity contribution in [1.29, 1.82) is 0 Å². The summed E-state index contributed by atoms with van der Waals surface area (Å²) in [7, 11) is 1.46. The molecule has 128 valence electrons. The third-order valence-electron chi connectivity index (χ3n) is 6.36. The van der Waals surface area contributed by atoms with Crippen LogP contribution in [0, 0.1) is 29.1 Å². The fraction of sp³-hybridized carbons (Fsp3) is 0.421. The van der Waals surface area contributed by atoms with Crippen molar-refractivity contribution in [2.75, 3.05) is 7.11 Å². The molecule has 2 amide bonds. The molecule has 4 aliphatic rings. The lowest BCUT2D eigenvalue weighted by Crippen LogP contribution is -2.30. The van der Waals surface area contributed by atoms with Gasteiger partial charge in [0, 0.05) is 0 Å². The predicted octanol–water partition coefficient (Wildman–Crippen LogP) is 1.93. The zero-order valence-electron chi connectivity index (χ0n) is 13.8. The molecule has 6 nitrogen and oxygen atoms in total. The van der Waals surface area contributed by atoms with Gasteiger partial charge in [0.1, 0.15) is 0 Å². The minimum Gasteiger partial charge on any atom is -0.504 e. The molecule has 6 heteroatoms. The predicted molar refractivity (Wildman–Crippen MR) is 88.9 cm³/mol. The molecule has 3 aliphatic carbocycles. The summed E-state index contributed by atoms with van der Waals surface area (Å²) >= 11 is 0. The third-order valence-corrected chi connectivity index (χ3v) is 6.36. The first-order chi connectivity index (χ1) is 12.1. The van der Waals surface area contributed by atoms with E-state index >= 15 is 0 Å². The van der Waals surface area contributed by atoms with Crippen molar-refractivity contribution >= 4 is 18.0 Å². The molecule has 3 fully saturated rings. The molecular weight excluding hydrogens is 320 g/mol. The van der Waals surface area contributed by atoms with Crippen LogP contribution in [0.3, 0.4) is 0 Å². The van der Waals surface area contributed by atoms with E-state index in [0.717, 1.165) is 17.9 Å². The summed E-state index contributed by atoms with van der Waals surface area (Å²) in [5.74, 6) is -0.0909. The number of phenolic OH excluding ortho intramolecular Hbond substituents is 1. The molecule has 1 heterocycles. The van der Waals surface area contributed by atoms with E-state index in [9.17, 15) is 14.7 Å². The van der Waals surface area contributed by atoms with Crippen molar-refractivity contribution in [1.82, 2.24) is 5.01 Å². The van der Waals surface area contributed by atoms with Crippen LogP contribution in [-0.4, -0.2) is 35.3 Å². The number of hydrazone groups is 1. The average Bonchev–Trinajstić information content (AvgIpc) is 3.21. The lowest BCUT2D eigenvalue weighted by molar-refractivity contribution is -0.141. The van der Waals surface area contributed by atoms with E-state index in [-0.39, 0.29) is 46.7 Å². The van der Waals surface area contributed by atoms with E-state index in [1.807, 2.05) is 0 Å². The summed E-state index contributed by atoms with van der Waals surface area (Å²) in [6.07, 6.45) is 7.99. The molecular formula is C19H18N2O4. The van der Waals surface area contributed by atoms with Crippen LogP contribution in [-0.2, 0) is 9.59 Å². The highest BCUT2D eigenvalue weighted by Crippen LogP contribution is 2.73. The fourth-order valence-corrected chi connectivity index (χ4v) is 5.08. The Hall–Kier alpha value is -2.63. The minimum atomic E-state index is -0.239. The zero-order chi connectivity index (χ0) is 17.3. The second-order valence-electron chi connectivity index (χ2n) is 7.39. The van der Waals surface area contributed by atoms with Crippen LogP contribution in [0.25, 0.3) is 0 Å². The Morgan fingerprint density at radius 2 is 1.84 bits per heavy atom. The standard InChI is InChI=1S/C19H18N2O4/c1-25-14-8-10(2-5-13(14)22)9-20-21-17(23)15-11-3-4-12(16(15)18(21)24)19(11)6-7-19/h2-5,8-9,11-12,15-16,22H,6-7H2,1H3/b20-9-/t11-,12+,15-,16-/m0/s1. The van der Waals surface area contributed by atoms with Gasteiger partial charge in [-0.3, -0.25) is 9.59 Å². The molecule has 1 N–H and O–H groups in total. The highest BCUT2D eigenvalue weighted by atomic mass is 16.5. The number of benzene rings is 1. The van der Waals surface area contributed by atoms with Crippen molar-refractivity contribution in [2.24, 2.45) is 34.2 Å². The van der Waals surface area contributed by atoms with Gasteiger partial charge >= 0.3 is 0 Å². The van der Waals surface area contributed by atoms with Gasteiger partial charge in [-0.05, 0) is 53.9 Å². The van der Waals surface area contributed by atoms with Gasteiger partial charge in [0.25, 0.3) is 11.8 Å². The number of hydrogen-bond donors (Lipinski definition) is 1. The highest BCUT2D eigenvalue weighted by Gasteiger charge is 2.73. The summed E-state index contributed by atoms with van der Waals surface area (Å²) in [5, 5.41) is 14.8. The Bertz CT molecular complexity index is 821. The Morgan fingerprint density at radius 1 is 1.20 bits per heavy atom. The molecule has 4 atom stereocenters. The number of carbonyl (C=O) groups is 2. The quantitative estimate of drug-likeness (QED) is 0.519. The number of allylic oxidation sites excluding steroid dienone is 2. The number of fused-ring (bicyclic) bond motifs is 3. The van der Waals surface area contributed by atoms with Crippen molar-refractivity contribution in [2.45, 2.75) is 12.8 Å². The summed E-state index contributed by atoms with van der Waals surface area (Å²) < 4.78 is 5.06. The van der Waals surface area contributed by atoms with Gasteiger partial charge in [0.2, 0.25) is 0 Å². The Morgan fingerprint density at radius 3 is 2.40 bits per heavy atom. The van der Waals surface area contributed by atoms with Crippen LogP contribution in [0.15, 0.2) is 35.5 Å². The van der Waals surface area contributed by atoms with Crippen molar-refractivity contribution < 1.29 is 19.4 Å². The number of methoxy groups -OCH3 is 1. The highest BCUT2D eigenvalue weighted by molar-refractivity contribution is 6.07. The molecule has 25 heavy (non-hydrogen) atoms. The van der Waals surface area contributed by atoms with Crippen LogP contribution in [0.1, 0.15) is 18.4 Å². The molecule has 0 aromatic heterocycles. The fourth-order valence-electron chi connectivity index (χ4n) is 5.08. The molecule has 5 rings (SSSR count). The van der Waals surface area contributed by atoms with Crippen LogP contribution < -0.4 is 4.74 Å². The zero-order valence-corrected chi connectivity index (χ0v) is 13.8. The Labute approximate surface area is 144 Å². The lowest BCUT2D eigenvalue weighted by atomic mass is 9.85. The average molecular weight is 338 g/mol. The summed E-state index contributed by atoms with van der Waals surface area (Å²) in [6.45, 7) is 0. The van der Waals surface area contributed by atoms with E-state index in [0.29, 0.717) is 11.3 Å². The molecule has 0 radical (unpaired) electrons. The van der Waals surface area contributed by atoms with Gasteiger partial charge in [-0.25, -0.2) is 0 Å². The summed E-state index contributed by atoms with van der Waals surface area (Å²) in [4.78, 5) is 25.6. The van der Waals surface area contributed by atoms with E-state index in [4.69, 9.17) is 4.74 Å². The number of aromatic hydroxyl groups is 1. The number of imide groups is 1. The molecule has 1 aromatic rings. The van der Waals surface area contributed by atoms with Crippen LogP contribution in [0.5, 0.6) is 11.5 Å². The molecule has 0 unspecified atom stereocenters. The van der Waals surface area contributed by atoms with Crippen molar-refractivity contribution in [3.8, 4) is 11.5 Å².